The van der Waals surface area contributed by atoms with Crippen molar-refractivity contribution in [2.24, 2.45) is 0 Å². The number of hydrogen-bond donors (Lipinski definition) is 1. The van der Waals surface area contributed by atoms with Crippen LogP contribution in [0, 0.1) is 0 Å². The zero-order valence-electron chi connectivity index (χ0n) is 11.9. The molecule has 0 saturated carbocycles. The molecule has 1 saturated heterocycles. The van der Waals surface area contributed by atoms with Crippen LogP contribution in [0.1, 0.15) is 12.5 Å². The Kier molecular flexibility index (Phi) is 4.98. The number of ether oxygens (including phenoxy) is 2. The number of para-hydroxylation sites is 1. The SMILES string of the molecule is COc1ccccc1CC(=O)N1CC(C)OC(CO)C1. The Morgan fingerprint density at radius 3 is 2.90 bits per heavy atom. The van der Waals surface area contributed by atoms with Crippen molar-refractivity contribution < 1.29 is 19.4 Å². The van der Waals surface area contributed by atoms with E-state index < -0.39 is 0 Å². The van der Waals surface area contributed by atoms with Crippen molar-refractivity contribution in [3.8, 4) is 5.75 Å². The highest BCUT2D eigenvalue weighted by Gasteiger charge is 2.28. The van der Waals surface area contributed by atoms with E-state index in [0.29, 0.717) is 19.5 Å². The number of aliphatic hydroxyl groups is 1. The molecular weight excluding hydrogens is 258 g/mol. The predicted octanol–water partition coefficient (Wildman–Crippen LogP) is 0.846. The highest BCUT2D eigenvalue weighted by Crippen LogP contribution is 2.19. The molecule has 2 rings (SSSR count). The van der Waals surface area contributed by atoms with Gasteiger partial charge in [-0.15, -0.1) is 0 Å². The maximum atomic E-state index is 12.4. The van der Waals surface area contributed by atoms with Crippen LogP contribution in [0.4, 0.5) is 0 Å². The van der Waals surface area contributed by atoms with E-state index in [2.05, 4.69) is 0 Å². The summed E-state index contributed by atoms with van der Waals surface area (Å²) in [6.07, 6.45) is -0.0441. The first-order valence-corrected chi connectivity index (χ1v) is 6.80. The lowest BCUT2D eigenvalue weighted by Crippen LogP contribution is -2.50. The van der Waals surface area contributed by atoms with Gasteiger partial charge in [-0.1, -0.05) is 18.2 Å². The molecule has 0 radical (unpaired) electrons. The molecule has 1 aliphatic heterocycles. The first-order valence-electron chi connectivity index (χ1n) is 6.80. The number of amides is 1. The van der Waals surface area contributed by atoms with Gasteiger partial charge in [0.25, 0.3) is 0 Å². The van der Waals surface area contributed by atoms with Crippen LogP contribution < -0.4 is 4.74 Å². The standard InChI is InChI=1S/C15H21NO4/c1-11-8-16(9-13(10-17)20-11)15(18)7-12-5-3-4-6-14(12)19-2/h3-6,11,13,17H,7-10H2,1-2H3. The molecule has 0 aliphatic carbocycles. The Morgan fingerprint density at radius 1 is 1.45 bits per heavy atom. The van der Waals surface area contributed by atoms with Crippen molar-refractivity contribution in [3.05, 3.63) is 29.8 Å². The molecule has 5 nitrogen and oxygen atoms in total. The highest BCUT2D eigenvalue weighted by molar-refractivity contribution is 5.79. The number of hydrogen-bond acceptors (Lipinski definition) is 4. The summed E-state index contributed by atoms with van der Waals surface area (Å²) in [5, 5.41) is 9.20. The molecule has 0 bridgehead atoms. The fourth-order valence-corrected chi connectivity index (χ4v) is 2.47. The molecule has 20 heavy (non-hydrogen) atoms. The average Bonchev–Trinajstić information content (AvgIpc) is 2.47. The third-order valence-corrected chi connectivity index (χ3v) is 3.42. The molecule has 1 N–H and O–H groups in total. The van der Waals surface area contributed by atoms with E-state index in [4.69, 9.17) is 9.47 Å². The maximum absolute atomic E-state index is 12.4. The lowest BCUT2D eigenvalue weighted by molar-refractivity contribution is -0.146. The molecular formula is C15H21NO4. The number of aliphatic hydroxyl groups excluding tert-OH is 1. The van der Waals surface area contributed by atoms with Crippen molar-refractivity contribution in [2.45, 2.75) is 25.6 Å². The number of carbonyl (C=O) groups is 1. The second-order valence-electron chi connectivity index (χ2n) is 5.04. The monoisotopic (exact) mass is 279 g/mol. The number of benzene rings is 1. The molecule has 5 heteroatoms. The van der Waals surface area contributed by atoms with Gasteiger partial charge in [0.2, 0.25) is 5.91 Å². The predicted molar refractivity (Wildman–Crippen MR) is 74.7 cm³/mol. The molecule has 110 valence electrons. The summed E-state index contributed by atoms with van der Waals surface area (Å²) < 4.78 is 10.8. The van der Waals surface area contributed by atoms with Crippen molar-refractivity contribution >= 4 is 5.91 Å². The summed E-state index contributed by atoms with van der Waals surface area (Å²) in [7, 11) is 1.60. The molecule has 1 aromatic rings. The van der Waals surface area contributed by atoms with E-state index in [9.17, 15) is 9.90 Å². The topological polar surface area (TPSA) is 59.0 Å². The van der Waals surface area contributed by atoms with Gasteiger partial charge in [0.05, 0.1) is 32.3 Å². The molecule has 1 aliphatic rings. The largest absolute Gasteiger partial charge is 0.496 e. The van der Waals surface area contributed by atoms with Crippen molar-refractivity contribution in [3.63, 3.8) is 0 Å². The second kappa shape index (κ2) is 6.72. The third-order valence-electron chi connectivity index (χ3n) is 3.42. The zero-order chi connectivity index (χ0) is 14.5. The summed E-state index contributed by atoms with van der Waals surface area (Å²) >= 11 is 0. The first kappa shape index (κ1) is 14.8. The van der Waals surface area contributed by atoms with E-state index in [0.717, 1.165) is 11.3 Å². The summed E-state index contributed by atoms with van der Waals surface area (Å²) in [6, 6.07) is 7.51. The third kappa shape index (κ3) is 3.49. The van der Waals surface area contributed by atoms with Gasteiger partial charge in [-0.2, -0.15) is 0 Å². The van der Waals surface area contributed by atoms with Crippen molar-refractivity contribution in [1.29, 1.82) is 0 Å². The van der Waals surface area contributed by atoms with Gasteiger partial charge in [-0.3, -0.25) is 4.79 Å². The van der Waals surface area contributed by atoms with Gasteiger partial charge in [-0.25, -0.2) is 0 Å². The number of rotatable bonds is 4. The van der Waals surface area contributed by atoms with Gasteiger partial charge >= 0.3 is 0 Å². The second-order valence-corrected chi connectivity index (χ2v) is 5.04. The van der Waals surface area contributed by atoms with Gasteiger partial charge in [0, 0.05) is 18.7 Å². The fourth-order valence-electron chi connectivity index (χ4n) is 2.47. The number of nitrogens with zero attached hydrogens (tertiary/aromatic N) is 1. The molecule has 1 fully saturated rings. The Bertz CT molecular complexity index is 463. The van der Waals surface area contributed by atoms with Crippen molar-refractivity contribution in [2.75, 3.05) is 26.8 Å². The van der Waals surface area contributed by atoms with Crippen molar-refractivity contribution in [1.82, 2.24) is 4.90 Å². The van der Waals surface area contributed by atoms with Crippen LogP contribution in [-0.4, -0.2) is 54.9 Å². The minimum atomic E-state index is -0.291. The summed E-state index contributed by atoms with van der Waals surface area (Å²) in [6.45, 7) is 2.84. The van der Waals surface area contributed by atoms with Gasteiger partial charge in [-0.05, 0) is 13.0 Å². The van der Waals surface area contributed by atoms with Crippen LogP contribution in [0.25, 0.3) is 0 Å². The number of morpholine rings is 1. The van der Waals surface area contributed by atoms with Gasteiger partial charge in [0.1, 0.15) is 5.75 Å². The summed E-state index contributed by atoms with van der Waals surface area (Å²) in [4.78, 5) is 14.1. The molecule has 1 heterocycles. The molecule has 2 unspecified atom stereocenters. The normalized spacial score (nSPS) is 22.6. The Labute approximate surface area is 119 Å². The number of methoxy groups -OCH3 is 1. The van der Waals surface area contributed by atoms with E-state index in [-0.39, 0.29) is 24.7 Å². The lowest BCUT2D eigenvalue weighted by atomic mass is 10.1. The Hall–Kier alpha value is -1.59. The van der Waals surface area contributed by atoms with Crippen LogP contribution in [0.3, 0.4) is 0 Å². The fraction of sp³-hybridized carbons (Fsp3) is 0.533. The quantitative estimate of drug-likeness (QED) is 0.887. The average molecular weight is 279 g/mol. The smallest absolute Gasteiger partial charge is 0.227 e. The van der Waals surface area contributed by atoms with E-state index in [1.807, 2.05) is 31.2 Å². The Balaban J connectivity index is 2.04. The highest BCUT2D eigenvalue weighted by atomic mass is 16.5. The van der Waals surface area contributed by atoms with Gasteiger partial charge < -0.3 is 19.5 Å². The van der Waals surface area contributed by atoms with E-state index in [1.54, 1.807) is 12.0 Å². The van der Waals surface area contributed by atoms with Crippen LogP contribution in [0.15, 0.2) is 24.3 Å². The van der Waals surface area contributed by atoms with E-state index >= 15 is 0 Å². The van der Waals surface area contributed by atoms with Crippen LogP contribution >= 0.6 is 0 Å². The zero-order valence-corrected chi connectivity index (χ0v) is 11.9. The molecule has 1 aromatic carbocycles. The number of carbonyl (C=O) groups excluding carboxylic acids is 1. The van der Waals surface area contributed by atoms with Crippen LogP contribution in [0.5, 0.6) is 5.75 Å². The van der Waals surface area contributed by atoms with E-state index in [1.165, 1.54) is 0 Å². The summed E-state index contributed by atoms with van der Waals surface area (Å²) in [5.74, 6) is 0.754. The molecule has 0 spiro atoms. The molecule has 1 amide bonds. The minimum Gasteiger partial charge on any atom is -0.496 e. The lowest BCUT2D eigenvalue weighted by Gasteiger charge is -2.36. The Morgan fingerprint density at radius 2 is 2.20 bits per heavy atom. The van der Waals surface area contributed by atoms with Crippen LogP contribution in [0.2, 0.25) is 0 Å². The molecule has 0 aromatic heterocycles. The maximum Gasteiger partial charge on any atom is 0.227 e. The van der Waals surface area contributed by atoms with Crippen LogP contribution in [-0.2, 0) is 16.0 Å². The summed E-state index contributed by atoms with van der Waals surface area (Å²) in [5.41, 5.74) is 0.875. The molecule has 2 atom stereocenters. The minimum absolute atomic E-state index is 0.0306. The first-order chi connectivity index (χ1) is 9.63. The van der Waals surface area contributed by atoms with Gasteiger partial charge in [0.15, 0.2) is 0 Å².